The first-order valence-electron chi connectivity index (χ1n) is 4.50. The van der Waals surface area contributed by atoms with Crippen LogP contribution in [0.5, 0.6) is 0 Å². The van der Waals surface area contributed by atoms with Gasteiger partial charge in [0, 0.05) is 11.5 Å². The van der Waals surface area contributed by atoms with Gasteiger partial charge in [0.25, 0.3) is 0 Å². The number of aliphatic hydroxyl groups is 1. The van der Waals surface area contributed by atoms with E-state index in [2.05, 4.69) is 0 Å². The molecule has 0 saturated carbocycles. The van der Waals surface area contributed by atoms with Crippen LogP contribution < -0.4 is 0 Å². The van der Waals surface area contributed by atoms with Crippen molar-refractivity contribution >= 4 is 11.3 Å². The number of aryl methyl sites for hydroxylation is 1. The number of thiophene rings is 1. The Morgan fingerprint density at radius 1 is 1.62 bits per heavy atom. The van der Waals surface area contributed by atoms with Crippen molar-refractivity contribution in [3.63, 3.8) is 0 Å². The second kappa shape index (κ2) is 4.74. The maximum absolute atomic E-state index is 9.88. The van der Waals surface area contributed by atoms with Gasteiger partial charge in [0.05, 0.1) is 6.10 Å². The molecule has 0 saturated heterocycles. The second-order valence-corrected chi connectivity index (χ2v) is 4.02. The van der Waals surface area contributed by atoms with Gasteiger partial charge >= 0.3 is 0 Å². The van der Waals surface area contributed by atoms with Crippen LogP contribution in [0.1, 0.15) is 30.4 Å². The number of aliphatic hydroxyl groups excluding tert-OH is 1. The molecule has 3 heteroatoms. The first-order chi connectivity index (χ1) is 6.16. The van der Waals surface area contributed by atoms with Crippen LogP contribution in [-0.2, 0) is 4.74 Å². The van der Waals surface area contributed by atoms with E-state index < -0.39 is 6.10 Å². The summed E-state index contributed by atoms with van der Waals surface area (Å²) in [6.45, 7) is 6.48. The van der Waals surface area contributed by atoms with E-state index in [0.717, 1.165) is 10.4 Å². The lowest BCUT2D eigenvalue weighted by Gasteiger charge is -2.18. The van der Waals surface area contributed by atoms with Crippen LogP contribution >= 0.6 is 11.3 Å². The predicted octanol–water partition coefficient (Wildman–Crippen LogP) is 2.51. The fourth-order valence-electron chi connectivity index (χ4n) is 1.25. The van der Waals surface area contributed by atoms with Crippen molar-refractivity contribution in [3.8, 4) is 0 Å². The Balaban J connectivity index is 2.67. The fourth-order valence-corrected chi connectivity index (χ4v) is 2.26. The highest BCUT2D eigenvalue weighted by molar-refractivity contribution is 7.10. The topological polar surface area (TPSA) is 29.5 Å². The summed E-state index contributed by atoms with van der Waals surface area (Å²) >= 11 is 1.58. The lowest BCUT2D eigenvalue weighted by atomic mass is 10.1. The quantitative estimate of drug-likeness (QED) is 0.809. The molecular weight excluding hydrogens is 184 g/mol. The fraction of sp³-hybridized carbons (Fsp3) is 0.600. The van der Waals surface area contributed by atoms with Gasteiger partial charge in [0.1, 0.15) is 6.10 Å². The normalized spacial score (nSPS) is 15.7. The standard InChI is InChI=1S/C10H16O2S/c1-4-12-8(3)9(11)10-7(2)5-6-13-10/h5-6,8-9,11H,4H2,1-3H3. The molecule has 0 aliphatic heterocycles. The molecule has 2 atom stereocenters. The summed E-state index contributed by atoms with van der Waals surface area (Å²) < 4.78 is 5.34. The van der Waals surface area contributed by atoms with Crippen LogP contribution in [0, 0.1) is 6.92 Å². The van der Waals surface area contributed by atoms with Crippen molar-refractivity contribution in [3.05, 3.63) is 21.9 Å². The number of rotatable bonds is 4. The molecule has 0 fully saturated rings. The molecule has 1 aromatic rings. The largest absolute Gasteiger partial charge is 0.385 e. The summed E-state index contributed by atoms with van der Waals surface area (Å²) in [5, 5.41) is 11.9. The highest BCUT2D eigenvalue weighted by Crippen LogP contribution is 2.27. The smallest absolute Gasteiger partial charge is 0.114 e. The number of ether oxygens (including phenoxy) is 1. The van der Waals surface area contributed by atoms with Crippen LogP contribution in [0.2, 0.25) is 0 Å². The minimum atomic E-state index is -0.486. The highest BCUT2D eigenvalue weighted by atomic mass is 32.1. The summed E-state index contributed by atoms with van der Waals surface area (Å²) in [6, 6.07) is 2.02. The Morgan fingerprint density at radius 2 is 2.31 bits per heavy atom. The van der Waals surface area contributed by atoms with Crippen molar-refractivity contribution in [2.24, 2.45) is 0 Å². The first kappa shape index (κ1) is 10.7. The van der Waals surface area contributed by atoms with Gasteiger partial charge in [-0.2, -0.15) is 0 Å². The van der Waals surface area contributed by atoms with E-state index in [1.165, 1.54) is 0 Å². The zero-order valence-corrected chi connectivity index (χ0v) is 9.10. The van der Waals surface area contributed by atoms with Gasteiger partial charge < -0.3 is 9.84 Å². The molecule has 0 radical (unpaired) electrons. The summed E-state index contributed by atoms with van der Waals surface area (Å²) in [7, 11) is 0. The summed E-state index contributed by atoms with van der Waals surface area (Å²) in [5.74, 6) is 0. The minimum absolute atomic E-state index is 0.123. The van der Waals surface area contributed by atoms with Crippen molar-refractivity contribution in [1.29, 1.82) is 0 Å². The molecule has 1 rings (SSSR count). The number of hydrogen-bond donors (Lipinski definition) is 1. The third-order valence-corrected chi connectivity index (χ3v) is 3.13. The summed E-state index contributed by atoms with van der Waals surface area (Å²) in [5.41, 5.74) is 1.14. The molecule has 0 amide bonds. The van der Waals surface area contributed by atoms with Gasteiger partial charge in [0.2, 0.25) is 0 Å². The van der Waals surface area contributed by atoms with E-state index in [0.29, 0.717) is 6.61 Å². The van der Waals surface area contributed by atoms with Crippen LogP contribution in [0.3, 0.4) is 0 Å². The molecule has 74 valence electrons. The Hall–Kier alpha value is -0.380. The Kier molecular flexibility index (Phi) is 3.90. The van der Waals surface area contributed by atoms with Gasteiger partial charge in [-0.1, -0.05) is 0 Å². The Labute approximate surface area is 83.2 Å². The molecule has 1 heterocycles. The Bertz CT molecular complexity index is 257. The van der Waals surface area contributed by atoms with Gasteiger partial charge in [-0.05, 0) is 37.8 Å². The molecule has 1 N–H and O–H groups in total. The zero-order valence-electron chi connectivity index (χ0n) is 8.28. The molecule has 0 aliphatic rings. The maximum atomic E-state index is 9.88. The predicted molar refractivity (Wildman–Crippen MR) is 55.1 cm³/mol. The van der Waals surface area contributed by atoms with Crippen LogP contribution in [0.15, 0.2) is 11.4 Å². The molecule has 0 bridgehead atoms. The van der Waals surface area contributed by atoms with Crippen LogP contribution in [0.25, 0.3) is 0 Å². The van der Waals surface area contributed by atoms with Crippen molar-refractivity contribution in [2.75, 3.05) is 6.61 Å². The minimum Gasteiger partial charge on any atom is -0.385 e. The molecule has 13 heavy (non-hydrogen) atoms. The average Bonchev–Trinajstić information content (AvgIpc) is 2.50. The van der Waals surface area contributed by atoms with Crippen molar-refractivity contribution in [2.45, 2.75) is 33.0 Å². The van der Waals surface area contributed by atoms with E-state index in [-0.39, 0.29) is 6.10 Å². The third-order valence-electron chi connectivity index (χ3n) is 2.04. The van der Waals surface area contributed by atoms with Gasteiger partial charge in [0.15, 0.2) is 0 Å². The molecule has 1 aromatic heterocycles. The first-order valence-corrected chi connectivity index (χ1v) is 5.38. The van der Waals surface area contributed by atoms with Crippen LogP contribution in [0.4, 0.5) is 0 Å². The lowest BCUT2D eigenvalue weighted by Crippen LogP contribution is -2.18. The molecule has 0 aliphatic carbocycles. The van der Waals surface area contributed by atoms with E-state index in [4.69, 9.17) is 4.74 Å². The van der Waals surface area contributed by atoms with Crippen molar-refractivity contribution in [1.82, 2.24) is 0 Å². The summed E-state index contributed by atoms with van der Waals surface area (Å²) in [4.78, 5) is 1.01. The average molecular weight is 200 g/mol. The molecule has 0 spiro atoms. The maximum Gasteiger partial charge on any atom is 0.114 e. The molecule has 2 unspecified atom stereocenters. The molecule has 2 nitrogen and oxygen atoms in total. The van der Waals surface area contributed by atoms with E-state index in [1.54, 1.807) is 11.3 Å². The zero-order chi connectivity index (χ0) is 9.84. The van der Waals surface area contributed by atoms with Crippen molar-refractivity contribution < 1.29 is 9.84 Å². The van der Waals surface area contributed by atoms with E-state index >= 15 is 0 Å². The molecule has 0 aromatic carbocycles. The SMILES string of the molecule is CCOC(C)C(O)c1sccc1C. The van der Waals surface area contributed by atoms with Gasteiger partial charge in [-0.3, -0.25) is 0 Å². The summed E-state index contributed by atoms with van der Waals surface area (Å²) in [6.07, 6.45) is -0.609. The van der Waals surface area contributed by atoms with E-state index in [9.17, 15) is 5.11 Å². The van der Waals surface area contributed by atoms with Crippen LogP contribution in [-0.4, -0.2) is 17.8 Å². The lowest BCUT2D eigenvalue weighted by molar-refractivity contribution is -0.0214. The number of hydrogen-bond acceptors (Lipinski definition) is 3. The molecular formula is C10H16O2S. The Morgan fingerprint density at radius 3 is 2.77 bits per heavy atom. The highest BCUT2D eigenvalue weighted by Gasteiger charge is 2.19. The van der Waals surface area contributed by atoms with Gasteiger partial charge in [-0.25, -0.2) is 0 Å². The van der Waals surface area contributed by atoms with Gasteiger partial charge in [-0.15, -0.1) is 11.3 Å². The third kappa shape index (κ3) is 2.53. The second-order valence-electron chi connectivity index (χ2n) is 3.07. The monoisotopic (exact) mass is 200 g/mol. The van der Waals surface area contributed by atoms with E-state index in [1.807, 2.05) is 32.2 Å².